The van der Waals surface area contributed by atoms with Crippen molar-refractivity contribution in [2.75, 3.05) is 6.54 Å². The lowest BCUT2D eigenvalue weighted by Crippen LogP contribution is -2.39. The molecule has 1 saturated heterocycles. The highest BCUT2D eigenvalue weighted by Gasteiger charge is 2.21. The first kappa shape index (κ1) is 11.6. The number of nitriles is 1. The molecule has 88 valence electrons. The number of hydrogen-bond donors (Lipinski definition) is 2. The molecule has 4 nitrogen and oxygen atoms in total. The molecule has 17 heavy (non-hydrogen) atoms. The van der Waals surface area contributed by atoms with Crippen LogP contribution >= 0.6 is 0 Å². The summed E-state index contributed by atoms with van der Waals surface area (Å²) in [5.74, 6) is 0.0462. The Labute approximate surface area is 101 Å². The van der Waals surface area contributed by atoms with Crippen molar-refractivity contribution in [1.82, 2.24) is 10.6 Å². The first-order valence-corrected chi connectivity index (χ1v) is 5.80. The normalized spacial score (nSPS) is 18.6. The number of nitrogens with one attached hydrogen (secondary N) is 2. The van der Waals surface area contributed by atoms with Crippen molar-refractivity contribution in [2.24, 2.45) is 0 Å². The smallest absolute Gasteiger partial charge is 0.237 e. The maximum absolute atomic E-state index is 11.7. The minimum Gasteiger partial charge on any atom is -0.351 e. The summed E-state index contributed by atoms with van der Waals surface area (Å²) in [6.07, 6.45) is 1.96. The Bertz CT molecular complexity index is 444. The monoisotopic (exact) mass is 229 g/mol. The molecule has 0 bridgehead atoms. The van der Waals surface area contributed by atoms with Crippen molar-refractivity contribution in [1.29, 1.82) is 5.26 Å². The lowest BCUT2D eigenvalue weighted by atomic mass is 10.1. The summed E-state index contributed by atoms with van der Waals surface area (Å²) in [7, 11) is 0. The van der Waals surface area contributed by atoms with E-state index in [1.165, 1.54) is 0 Å². The summed E-state index contributed by atoms with van der Waals surface area (Å²) < 4.78 is 0. The first-order chi connectivity index (χ1) is 8.29. The van der Waals surface area contributed by atoms with Crippen LogP contribution in [-0.4, -0.2) is 18.5 Å². The molecule has 1 aliphatic heterocycles. The Balaban J connectivity index is 1.88. The van der Waals surface area contributed by atoms with Gasteiger partial charge in [0.05, 0.1) is 17.7 Å². The number of nitrogens with zero attached hydrogens (tertiary/aromatic N) is 1. The maximum atomic E-state index is 11.7. The van der Waals surface area contributed by atoms with Crippen LogP contribution in [0.4, 0.5) is 0 Å². The number of carbonyl (C=O) groups is 1. The summed E-state index contributed by atoms with van der Waals surface area (Å²) in [6.45, 7) is 1.40. The van der Waals surface area contributed by atoms with Crippen LogP contribution in [0.2, 0.25) is 0 Å². The lowest BCUT2D eigenvalue weighted by molar-refractivity contribution is -0.122. The molecule has 0 spiro atoms. The van der Waals surface area contributed by atoms with Crippen LogP contribution in [0.25, 0.3) is 0 Å². The number of benzene rings is 1. The van der Waals surface area contributed by atoms with Gasteiger partial charge in [0.1, 0.15) is 0 Å². The third-order valence-electron chi connectivity index (χ3n) is 2.90. The standard InChI is InChI=1S/C13H15N3O/c14-8-10-3-1-4-11(7-10)9-16-13(17)12-5-2-6-15-12/h1,3-4,7,12,15H,2,5-6,9H2,(H,16,17)/t12-/m1/s1. The van der Waals surface area contributed by atoms with Gasteiger partial charge in [-0.05, 0) is 37.1 Å². The van der Waals surface area contributed by atoms with Gasteiger partial charge in [0.25, 0.3) is 0 Å². The van der Waals surface area contributed by atoms with Crippen LogP contribution in [0.5, 0.6) is 0 Å². The Morgan fingerprint density at radius 3 is 3.18 bits per heavy atom. The molecule has 0 aromatic heterocycles. The van der Waals surface area contributed by atoms with E-state index in [-0.39, 0.29) is 11.9 Å². The molecule has 1 aliphatic rings. The molecule has 0 radical (unpaired) electrons. The van der Waals surface area contributed by atoms with Crippen molar-refractivity contribution in [3.8, 4) is 6.07 Å². The third kappa shape index (κ3) is 3.05. The Kier molecular flexibility index (Phi) is 3.73. The fourth-order valence-electron chi connectivity index (χ4n) is 1.97. The number of carbonyl (C=O) groups excluding carboxylic acids is 1. The SMILES string of the molecule is N#Cc1cccc(CNC(=O)[C@H]2CCCN2)c1. The highest BCUT2D eigenvalue weighted by atomic mass is 16.2. The van der Waals surface area contributed by atoms with Gasteiger partial charge in [-0.3, -0.25) is 4.79 Å². The van der Waals surface area contributed by atoms with Crippen molar-refractivity contribution in [3.63, 3.8) is 0 Å². The summed E-state index contributed by atoms with van der Waals surface area (Å²) in [5, 5.41) is 14.8. The summed E-state index contributed by atoms with van der Waals surface area (Å²) in [6, 6.07) is 9.32. The second-order valence-electron chi connectivity index (χ2n) is 4.18. The summed E-state index contributed by atoms with van der Waals surface area (Å²) in [5.41, 5.74) is 1.58. The van der Waals surface area contributed by atoms with Gasteiger partial charge in [-0.1, -0.05) is 12.1 Å². The average molecular weight is 229 g/mol. The van der Waals surface area contributed by atoms with Crippen molar-refractivity contribution in [3.05, 3.63) is 35.4 Å². The van der Waals surface area contributed by atoms with E-state index >= 15 is 0 Å². The van der Waals surface area contributed by atoms with E-state index in [1.807, 2.05) is 12.1 Å². The van der Waals surface area contributed by atoms with Crippen LogP contribution < -0.4 is 10.6 Å². The van der Waals surface area contributed by atoms with Gasteiger partial charge in [-0.25, -0.2) is 0 Å². The minimum absolute atomic E-state index is 0.0462. The zero-order valence-corrected chi connectivity index (χ0v) is 9.57. The van der Waals surface area contributed by atoms with Gasteiger partial charge in [-0.2, -0.15) is 5.26 Å². The molecule has 0 saturated carbocycles. The van der Waals surface area contributed by atoms with E-state index < -0.39 is 0 Å². The molecule has 0 unspecified atom stereocenters. The number of amides is 1. The first-order valence-electron chi connectivity index (χ1n) is 5.80. The fraction of sp³-hybridized carbons (Fsp3) is 0.385. The van der Waals surface area contributed by atoms with Gasteiger partial charge in [0, 0.05) is 6.54 Å². The second kappa shape index (κ2) is 5.46. The summed E-state index contributed by atoms with van der Waals surface area (Å²) in [4.78, 5) is 11.7. The second-order valence-corrected chi connectivity index (χ2v) is 4.18. The van der Waals surface area contributed by atoms with Gasteiger partial charge < -0.3 is 10.6 Å². The number of rotatable bonds is 3. The van der Waals surface area contributed by atoms with E-state index in [9.17, 15) is 4.79 Å². The molecule has 1 amide bonds. The van der Waals surface area contributed by atoms with Crippen molar-refractivity contribution < 1.29 is 4.79 Å². The number of hydrogen-bond acceptors (Lipinski definition) is 3. The van der Waals surface area contributed by atoms with E-state index in [0.29, 0.717) is 12.1 Å². The van der Waals surface area contributed by atoms with Gasteiger partial charge >= 0.3 is 0 Å². The maximum Gasteiger partial charge on any atom is 0.237 e. The molecule has 1 aromatic rings. The highest BCUT2D eigenvalue weighted by molar-refractivity contribution is 5.81. The van der Waals surface area contributed by atoms with E-state index in [1.54, 1.807) is 12.1 Å². The molecular formula is C13H15N3O. The quantitative estimate of drug-likeness (QED) is 0.810. The average Bonchev–Trinajstić information content (AvgIpc) is 2.90. The molecule has 4 heteroatoms. The third-order valence-corrected chi connectivity index (χ3v) is 2.90. The van der Waals surface area contributed by atoms with Crippen molar-refractivity contribution >= 4 is 5.91 Å². The van der Waals surface area contributed by atoms with Gasteiger partial charge in [-0.15, -0.1) is 0 Å². The molecule has 2 rings (SSSR count). The van der Waals surface area contributed by atoms with E-state index in [4.69, 9.17) is 5.26 Å². The predicted molar refractivity (Wildman–Crippen MR) is 64.0 cm³/mol. The van der Waals surface area contributed by atoms with Crippen molar-refractivity contribution in [2.45, 2.75) is 25.4 Å². The van der Waals surface area contributed by atoms with Crippen LogP contribution in [0.3, 0.4) is 0 Å². The molecule has 2 N–H and O–H groups in total. The van der Waals surface area contributed by atoms with Gasteiger partial charge in [0.2, 0.25) is 5.91 Å². The predicted octanol–water partition coefficient (Wildman–Crippen LogP) is 0.926. The van der Waals surface area contributed by atoms with Crippen LogP contribution in [0.1, 0.15) is 24.0 Å². The topological polar surface area (TPSA) is 64.9 Å². The molecule has 0 aliphatic carbocycles. The van der Waals surface area contributed by atoms with Crippen LogP contribution in [-0.2, 0) is 11.3 Å². The minimum atomic E-state index is -0.0471. The molecule has 1 fully saturated rings. The molecule has 1 heterocycles. The zero-order chi connectivity index (χ0) is 12.1. The molecule has 1 aromatic carbocycles. The summed E-state index contributed by atoms with van der Waals surface area (Å²) >= 11 is 0. The van der Waals surface area contributed by atoms with Crippen LogP contribution in [0, 0.1) is 11.3 Å². The largest absolute Gasteiger partial charge is 0.351 e. The van der Waals surface area contributed by atoms with Crippen LogP contribution in [0.15, 0.2) is 24.3 Å². The van der Waals surface area contributed by atoms with Gasteiger partial charge in [0.15, 0.2) is 0 Å². The Morgan fingerprint density at radius 1 is 1.59 bits per heavy atom. The molecule has 1 atom stereocenters. The van der Waals surface area contributed by atoms with E-state index in [0.717, 1.165) is 24.9 Å². The van der Waals surface area contributed by atoms with E-state index in [2.05, 4.69) is 16.7 Å². The Hall–Kier alpha value is -1.86. The fourth-order valence-corrected chi connectivity index (χ4v) is 1.97. The lowest BCUT2D eigenvalue weighted by Gasteiger charge is -2.11. The highest BCUT2D eigenvalue weighted by Crippen LogP contribution is 2.06. The molecular weight excluding hydrogens is 214 g/mol. The zero-order valence-electron chi connectivity index (χ0n) is 9.57. The Morgan fingerprint density at radius 2 is 2.47 bits per heavy atom.